The molecule has 82 valence electrons. The summed E-state index contributed by atoms with van der Waals surface area (Å²) in [5.74, 6) is 0.132. The van der Waals surface area contributed by atoms with E-state index in [0.29, 0.717) is 6.42 Å². The van der Waals surface area contributed by atoms with Crippen LogP contribution < -0.4 is 10.6 Å². The highest BCUT2D eigenvalue weighted by molar-refractivity contribution is 5.78. The van der Waals surface area contributed by atoms with E-state index in [0.717, 1.165) is 13.0 Å². The lowest BCUT2D eigenvalue weighted by molar-refractivity contribution is -0.119. The third kappa shape index (κ3) is 3.27. The molecule has 1 amide bonds. The molecule has 2 atom stereocenters. The molecule has 0 aromatic rings. The van der Waals surface area contributed by atoms with Gasteiger partial charge in [-0.2, -0.15) is 0 Å². The van der Waals surface area contributed by atoms with Crippen LogP contribution in [0.2, 0.25) is 0 Å². The predicted molar refractivity (Wildman–Crippen MR) is 54.9 cm³/mol. The summed E-state index contributed by atoms with van der Waals surface area (Å²) >= 11 is 0. The molecule has 0 aromatic heterocycles. The molecule has 0 spiro atoms. The first-order valence-electron chi connectivity index (χ1n) is 5.14. The van der Waals surface area contributed by atoms with E-state index in [1.54, 1.807) is 13.8 Å². The Morgan fingerprint density at radius 1 is 1.71 bits per heavy atom. The zero-order chi connectivity index (χ0) is 10.8. The Bertz CT molecular complexity index is 211. The molecule has 1 aliphatic rings. The molecule has 1 aliphatic heterocycles. The summed E-state index contributed by atoms with van der Waals surface area (Å²) in [5.41, 5.74) is -0.720. The van der Waals surface area contributed by atoms with Crippen molar-refractivity contribution in [3.8, 4) is 0 Å². The fraction of sp³-hybridized carbons (Fsp3) is 0.900. The van der Waals surface area contributed by atoms with Gasteiger partial charge in [0.1, 0.15) is 0 Å². The van der Waals surface area contributed by atoms with Crippen molar-refractivity contribution in [2.24, 2.45) is 0 Å². The van der Waals surface area contributed by atoms with Gasteiger partial charge in [0.2, 0.25) is 5.91 Å². The maximum absolute atomic E-state index is 10.9. The fourth-order valence-corrected chi connectivity index (χ4v) is 1.40. The van der Waals surface area contributed by atoms with Gasteiger partial charge in [0.05, 0.1) is 5.60 Å². The van der Waals surface area contributed by atoms with Crippen LogP contribution in [0, 0.1) is 0 Å². The van der Waals surface area contributed by atoms with E-state index < -0.39 is 5.60 Å². The lowest BCUT2D eigenvalue weighted by Gasteiger charge is -2.28. The minimum absolute atomic E-state index is 0.0278. The van der Waals surface area contributed by atoms with Crippen molar-refractivity contribution in [1.29, 1.82) is 0 Å². The number of hydrogen-bond acceptors (Lipinski definition) is 3. The maximum Gasteiger partial charge on any atom is 0.220 e. The molecule has 0 aliphatic carbocycles. The Kier molecular flexibility index (Phi) is 3.50. The van der Waals surface area contributed by atoms with E-state index in [2.05, 4.69) is 10.6 Å². The van der Waals surface area contributed by atoms with Gasteiger partial charge in [-0.25, -0.2) is 0 Å². The number of rotatable bonds is 4. The van der Waals surface area contributed by atoms with E-state index >= 15 is 0 Å². The van der Waals surface area contributed by atoms with E-state index in [9.17, 15) is 9.90 Å². The van der Waals surface area contributed by atoms with Crippen LogP contribution in [-0.2, 0) is 4.79 Å². The van der Waals surface area contributed by atoms with Gasteiger partial charge in [0.25, 0.3) is 0 Å². The fourth-order valence-electron chi connectivity index (χ4n) is 1.40. The lowest BCUT2D eigenvalue weighted by Crippen LogP contribution is -2.48. The summed E-state index contributed by atoms with van der Waals surface area (Å²) in [7, 11) is 0. The number of carbonyl (C=O) groups is 1. The van der Waals surface area contributed by atoms with E-state index in [4.69, 9.17) is 0 Å². The molecule has 2 unspecified atom stereocenters. The van der Waals surface area contributed by atoms with E-state index in [-0.39, 0.29) is 18.0 Å². The summed E-state index contributed by atoms with van der Waals surface area (Å²) in [5, 5.41) is 15.8. The minimum atomic E-state index is -0.720. The summed E-state index contributed by atoms with van der Waals surface area (Å²) in [6, 6.07) is 0.257. The normalized spacial score (nSPS) is 24.9. The molecule has 3 N–H and O–H groups in total. The summed E-state index contributed by atoms with van der Waals surface area (Å²) in [6.07, 6.45) is 1.52. The Balaban J connectivity index is 2.24. The van der Waals surface area contributed by atoms with Gasteiger partial charge in [-0.05, 0) is 27.2 Å². The number of hydrogen-bond donors (Lipinski definition) is 3. The van der Waals surface area contributed by atoms with E-state index in [1.165, 1.54) is 0 Å². The number of nitrogens with one attached hydrogen (secondary N) is 2. The van der Waals surface area contributed by atoms with Gasteiger partial charge in [0, 0.05) is 25.0 Å². The van der Waals surface area contributed by atoms with Crippen LogP contribution in [-0.4, -0.2) is 35.2 Å². The Morgan fingerprint density at radius 3 is 2.79 bits per heavy atom. The molecule has 1 fully saturated rings. The van der Waals surface area contributed by atoms with Gasteiger partial charge in [-0.15, -0.1) is 0 Å². The van der Waals surface area contributed by atoms with Crippen molar-refractivity contribution < 1.29 is 9.90 Å². The van der Waals surface area contributed by atoms with Gasteiger partial charge < -0.3 is 15.7 Å². The Morgan fingerprint density at radius 2 is 2.36 bits per heavy atom. The molecular weight excluding hydrogens is 180 g/mol. The largest absolute Gasteiger partial charge is 0.389 e. The highest BCUT2D eigenvalue weighted by atomic mass is 16.3. The average molecular weight is 200 g/mol. The summed E-state index contributed by atoms with van der Waals surface area (Å²) in [6.45, 7) is 6.23. The highest BCUT2D eigenvalue weighted by Crippen LogP contribution is 2.09. The summed E-state index contributed by atoms with van der Waals surface area (Å²) in [4.78, 5) is 10.9. The molecule has 1 saturated heterocycles. The second-order valence-corrected chi connectivity index (χ2v) is 4.59. The standard InChI is InChI=1S/C10H20N2O2/c1-7(10(2,3)14)11-6-8-4-5-9(13)12-8/h7-8,11,14H,4-6H2,1-3H3,(H,12,13). The van der Waals surface area contributed by atoms with Crippen molar-refractivity contribution >= 4 is 5.91 Å². The molecular formula is C10H20N2O2. The van der Waals surface area contributed by atoms with Crippen molar-refractivity contribution in [3.63, 3.8) is 0 Å². The highest BCUT2D eigenvalue weighted by Gasteiger charge is 2.25. The zero-order valence-corrected chi connectivity index (χ0v) is 9.13. The van der Waals surface area contributed by atoms with Crippen LogP contribution in [0.3, 0.4) is 0 Å². The van der Waals surface area contributed by atoms with Gasteiger partial charge in [0.15, 0.2) is 0 Å². The Labute approximate surface area is 85.1 Å². The van der Waals surface area contributed by atoms with Crippen LogP contribution >= 0.6 is 0 Å². The second-order valence-electron chi connectivity index (χ2n) is 4.59. The molecule has 4 heteroatoms. The first-order chi connectivity index (χ1) is 6.39. The van der Waals surface area contributed by atoms with E-state index in [1.807, 2.05) is 6.92 Å². The van der Waals surface area contributed by atoms with Crippen LogP contribution in [0.5, 0.6) is 0 Å². The monoisotopic (exact) mass is 200 g/mol. The minimum Gasteiger partial charge on any atom is -0.389 e. The molecule has 1 heterocycles. The molecule has 0 saturated carbocycles. The van der Waals surface area contributed by atoms with Crippen LogP contribution in [0.25, 0.3) is 0 Å². The first kappa shape index (κ1) is 11.5. The average Bonchev–Trinajstić information content (AvgIpc) is 2.45. The van der Waals surface area contributed by atoms with Crippen LogP contribution in [0.15, 0.2) is 0 Å². The SMILES string of the molecule is CC(NCC1CCC(=O)N1)C(C)(C)O. The van der Waals surface area contributed by atoms with Crippen molar-refractivity contribution in [2.75, 3.05) is 6.54 Å². The maximum atomic E-state index is 10.9. The first-order valence-corrected chi connectivity index (χ1v) is 5.14. The zero-order valence-electron chi connectivity index (χ0n) is 9.13. The molecule has 0 aromatic carbocycles. The second kappa shape index (κ2) is 4.28. The molecule has 14 heavy (non-hydrogen) atoms. The number of carbonyl (C=O) groups excluding carboxylic acids is 1. The van der Waals surface area contributed by atoms with Crippen LogP contribution in [0.1, 0.15) is 33.6 Å². The lowest BCUT2D eigenvalue weighted by atomic mass is 10.0. The smallest absolute Gasteiger partial charge is 0.220 e. The topological polar surface area (TPSA) is 61.4 Å². The van der Waals surface area contributed by atoms with Crippen molar-refractivity contribution in [2.45, 2.75) is 51.3 Å². The quantitative estimate of drug-likeness (QED) is 0.599. The predicted octanol–water partition coefficient (Wildman–Crippen LogP) is 0.0140. The van der Waals surface area contributed by atoms with Gasteiger partial charge in [-0.1, -0.05) is 0 Å². The third-order valence-electron chi connectivity index (χ3n) is 2.82. The van der Waals surface area contributed by atoms with Gasteiger partial charge in [-0.3, -0.25) is 4.79 Å². The molecule has 0 bridgehead atoms. The third-order valence-corrected chi connectivity index (χ3v) is 2.82. The summed E-state index contributed by atoms with van der Waals surface area (Å²) < 4.78 is 0. The molecule has 1 rings (SSSR count). The number of aliphatic hydroxyl groups is 1. The van der Waals surface area contributed by atoms with Crippen molar-refractivity contribution in [3.05, 3.63) is 0 Å². The Hall–Kier alpha value is -0.610. The molecule has 0 radical (unpaired) electrons. The number of amides is 1. The van der Waals surface area contributed by atoms with Crippen molar-refractivity contribution in [1.82, 2.24) is 10.6 Å². The van der Waals surface area contributed by atoms with Gasteiger partial charge >= 0.3 is 0 Å². The van der Waals surface area contributed by atoms with Crippen LogP contribution in [0.4, 0.5) is 0 Å². The molecule has 4 nitrogen and oxygen atoms in total.